The fourth-order valence-corrected chi connectivity index (χ4v) is 3.60. The topological polar surface area (TPSA) is 48.1 Å². The van der Waals surface area contributed by atoms with Gasteiger partial charge in [0.2, 0.25) is 0 Å². The van der Waals surface area contributed by atoms with Crippen LogP contribution < -0.4 is 5.32 Å². The number of amides is 2. The van der Waals surface area contributed by atoms with Gasteiger partial charge in [0.1, 0.15) is 0 Å². The quantitative estimate of drug-likeness (QED) is 0.665. The van der Waals surface area contributed by atoms with E-state index >= 15 is 0 Å². The first-order valence-corrected chi connectivity index (χ1v) is 8.64. The summed E-state index contributed by atoms with van der Waals surface area (Å²) in [5, 5.41) is 4.15. The second kappa shape index (κ2) is 6.64. The molecule has 2 aromatic heterocycles. The highest BCUT2D eigenvalue weighted by Crippen LogP contribution is 2.25. The number of benzene rings is 1. The van der Waals surface area contributed by atoms with Crippen molar-refractivity contribution in [3.8, 4) is 0 Å². The van der Waals surface area contributed by atoms with Gasteiger partial charge < -0.3 is 15.2 Å². The summed E-state index contributed by atoms with van der Waals surface area (Å²) >= 11 is 7.46. The molecule has 0 fully saturated rings. The molecule has 0 radical (unpaired) electrons. The van der Waals surface area contributed by atoms with Crippen molar-refractivity contribution in [3.63, 3.8) is 0 Å². The zero-order chi connectivity index (χ0) is 16.4. The van der Waals surface area contributed by atoms with Crippen molar-refractivity contribution in [2.75, 3.05) is 11.9 Å². The Balaban J connectivity index is 1.76. The molecule has 3 aromatic rings. The third kappa shape index (κ3) is 3.51. The third-order valence-electron chi connectivity index (χ3n) is 3.78. The maximum Gasteiger partial charge on any atom is 0.322 e. The average molecular weight is 348 g/mol. The van der Waals surface area contributed by atoms with Crippen LogP contribution in [0.3, 0.4) is 0 Å². The minimum Gasteiger partial charge on any atom is -0.361 e. The first-order valence-electron chi connectivity index (χ1n) is 7.44. The number of nitrogens with zero attached hydrogens (tertiary/aromatic N) is 1. The van der Waals surface area contributed by atoms with Crippen molar-refractivity contribution in [2.24, 2.45) is 0 Å². The van der Waals surface area contributed by atoms with Crippen LogP contribution in [0.1, 0.15) is 17.4 Å². The number of aromatic nitrogens is 1. The van der Waals surface area contributed by atoms with Gasteiger partial charge in [-0.3, -0.25) is 0 Å². The van der Waals surface area contributed by atoms with E-state index < -0.39 is 0 Å². The lowest BCUT2D eigenvalue weighted by Gasteiger charge is -2.21. The molecule has 0 atom stereocenters. The smallest absolute Gasteiger partial charge is 0.322 e. The second-order valence-electron chi connectivity index (χ2n) is 5.38. The van der Waals surface area contributed by atoms with Crippen molar-refractivity contribution in [1.29, 1.82) is 0 Å². The van der Waals surface area contributed by atoms with Crippen LogP contribution in [0.5, 0.6) is 0 Å². The number of aryl methyl sites for hydroxylation is 1. The molecule has 120 valence electrons. The van der Waals surface area contributed by atoms with Gasteiger partial charge in [0.15, 0.2) is 0 Å². The summed E-state index contributed by atoms with van der Waals surface area (Å²) in [6.07, 6.45) is 1.90. The van der Waals surface area contributed by atoms with Gasteiger partial charge in [-0.2, -0.15) is 0 Å². The van der Waals surface area contributed by atoms with E-state index in [4.69, 9.17) is 11.6 Å². The molecule has 0 bridgehead atoms. The minimum absolute atomic E-state index is 0.106. The van der Waals surface area contributed by atoms with Crippen molar-refractivity contribution in [2.45, 2.75) is 20.4 Å². The summed E-state index contributed by atoms with van der Waals surface area (Å²) in [7, 11) is 0. The fourth-order valence-electron chi connectivity index (χ4n) is 2.50. The minimum atomic E-state index is -0.106. The van der Waals surface area contributed by atoms with Crippen LogP contribution in [0, 0.1) is 6.92 Å². The Kier molecular flexibility index (Phi) is 4.59. The van der Waals surface area contributed by atoms with E-state index in [1.165, 1.54) is 11.3 Å². The summed E-state index contributed by atoms with van der Waals surface area (Å²) in [6.45, 7) is 5.15. The Hall–Kier alpha value is -1.98. The third-order valence-corrected chi connectivity index (χ3v) is 5.00. The maximum absolute atomic E-state index is 12.6. The molecule has 2 heterocycles. The molecule has 3 rings (SSSR count). The van der Waals surface area contributed by atoms with E-state index in [1.807, 2.05) is 44.3 Å². The van der Waals surface area contributed by atoms with Gasteiger partial charge in [0.25, 0.3) is 0 Å². The molecule has 0 spiro atoms. The van der Waals surface area contributed by atoms with Crippen LogP contribution in [-0.4, -0.2) is 22.5 Å². The van der Waals surface area contributed by atoms with E-state index in [0.717, 1.165) is 31.4 Å². The molecule has 2 amide bonds. The predicted octanol–water partition coefficient (Wildman–Crippen LogP) is 5.25. The lowest BCUT2D eigenvalue weighted by molar-refractivity contribution is 0.212. The Morgan fingerprint density at radius 2 is 2.17 bits per heavy atom. The number of nitrogens with one attached hydrogen (secondary N) is 2. The Morgan fingerprint density at radius 1 is 1.35 bits per heavy atom. The molecule has 23 heavy (non-hydrogen) atoms. The molecule has 2 N–H and O–H groups in total. The van der Waals surface area contributed by atoms with E-state index in [2.05, 4.69) is 16.4 Å². The average Bonchev–Trinajstić information content (AvgIpc) is 3.13. The van der Waals surface area contributed by atoms with Crippen LogP contribution in [0.25, 0.3) is 10.9 Å². The van der Waals surface area contributed by atoms with Crippen LogP contribution in [0.15, 0.2) is 36.5 Å². The molecule has 0 unspecified atom stereocenters. The van der Waals surface area contributed by atoms with Gasteiger partial charge in [-0.05, 0) is 55.1 Å². The zero-order valence-corrected chi connectivity index (χ0v) is 14.6. The Bertz CT molecular complexity index is 839. The largest absolute Gasteiger partial charge is 0.361 e. The van der Waals surface area contributed by atoms with E-state index in [9.17, 15) is 4.79 Å². The van der Waals surface area contributed by atoms with Gasteiger partial charge in [0, 0.05) is 28.8 Å². The molecule has 4 nitrogen and oxygen atoms in total. The predicted molar refractivity (Wildman–Crippen MR) is 97.5 cm³/mol. The number of hydrogen-bond donors (Lipinski definition) is 2. The number of aromatic amines is 1. The normalized spacial score (nSPS) is 10.9. The SMILES string of the molecule is CCN(Cc1ccc(Cl)s1)C(=O)Nc1cc2[nH]ccc2cc1C. The van der Waals surface area contributed by atoms with Crippen LogP contribution in [0.2, 0.25) is 4.34 Å². The zero-order valence-electron chi connectivity index (χ0n) is 13.0. The monoisotopic (exact) mass is 347 g/mol. The van der Waals surface area contributed by atoms with Gasteiger partial charge in [-0.1, -0.05) is 11.6 Å². The van der Waals surface area contributed by atoms with Gasteiger partial charge in [-0.15, -0.1) is 11.3 Å². The lowest BCUT2D eigenvalue weighted by atomic mass is 10.1. The summed E-state index contributed by atoms with van der Waals surface area (Å²) in [5.74, 6) is 0. The van der Waals surface area contributed by atoms with Crippen molar-refractivity contribution >= 4 is 45.6 Å². The fraction of sp³-hybridized carbons (Fsp3) is 0.235. The first-order chi connectivity index (χ1) is 11.1. The molecule has 0 saturated carbocycles. The summed E-state index contributed by atoms with van der Waals surface area (Å²) in [5.41, 5.74) is 2.88. The number of anilines is 1. The molecule has 0 aliphatic carbocycles. The number of fused-ring (bicyclic) bond motifs is 1. The van der Waals surface area contributed by atoms with Gasteiger partial charge in [-0.25, -0.2) is 4.79 Å². The highest BCUT2D eigenvalue weighted by atomic mass is 35.5. The summed E-state index contributed by atoms with van der Waals surface area (Å²) in [6, 6.07) is 9.77. The molecule has 0 saturated heterocycles. The molecular weight excluding hydrogens is 330 g/mol. The number of urea groups is 1. The van der Waals surface area contributed by atoms with Crippen molar-refractivity contribution < 1.29 is 4.79 Å². The molecule has 1 aromatic carbocycles. The molecular formula is C17H18ClN3OS. The van der Waals surface area contributed by atoms with Crippen molar-refractivity contribution in [1.82, 2.24) is 9.88 Å². The lowest BCUT2D eigenvalue weighted by Crippen LogP contribution is -2.34. The summed E-state index contributed by atoms with van der Waals surface area (Å²) < 4.78 is 0.740. The number of thiophene rings is 1. The highest BCUT2D eigenvalue weighted by Gasteiger charge is 2.15. The van der Waals surface area contributed by atoms with E-state index in [1.54, 1.807) is 4.90 Å². The van der Waals surface area contributed by atoms with Crippen LogP contribution in [-0.2, 0) is 6.54 Å². The van der Waals surface area contributed by atoms with E-state index in [0.29, 0.717) is 13.1 Å². The number of carbonyl (C=O) groups is 1. The van der Waals surface area contributed by atoms with Crippen LogP contribution in [0.4, 0.5) is 10.5 Å². The summed E-state index contributed by atoms with van der Waals surface area (Å²) in [4.78, 5) is 18.6. The van der Waals surface area contributed by atoms with Gasteiger partial charge >= 0.3 is 6.03 Å². The number of H-pyrrole nitrogens is 1. The molecule has 6 heteroatoms. The van der Waals surface area contributed by atoms with Crippen LogP contribution >= 0.6 is 22.9 Å². The highest BCUT2D eigenvalue weighted by molar-refractivity contribution is 7.16. The van der Waals surface area contributed by atoms with E-state index in [-0.39, 0.29) is 6.03 Å². The Morgan fingerprint density at radius 3 is 2.87 bits per heavy atom. The number of rotatable bonds is 4. The second-order valence-corrected chi connectivity index (χ2v) is 7.18. The first kappa shape index (κ1) is 15.9. The van der Waals surface area contributed by atoms with Gasteiger partial charge in [0.05, 0.1) is 10.9 Å². The standard InChI is InChI=1S/C17H18ClN3OS/c1-3-21(10-13-4-5-16(18)23-13)17(22)20-14-9-15-12(6-7-19-15)8-11(14)2/h4-9,19H,3,10H2,1-2H3,(H,20,22). The number of halogens is 1. The number of carbonyl (C=O) groups excluding carboxylic acids is 1. The molecule has 0 aliphatic heterocycles. The Labute approximate surface area is 144 Å². The maximum atomic E-state index is 12.6. The molecule has 0 aliphatic rings. The van der Waals surface area contributed by atoms with Crippen molar-refractivity contribution in [3.05, 3.63) is 51.3 Å². The number of hydrogen-bond acceptors (Lipinski definition) is 2.